The minimum Gasteiger partial charge on any atom is -0.481 e. The first-order valence-electron chi connectivity index (χ1n) is 6.55. The highest BCUT2D eigenvalue weighted by molar-refractivity contribution is 6.11. The molecule has 134 valence electrons. The number of halogens is 3. The fraction of sp³-hybridized carbons (Fsp3) is 0.462. The molecule has 0 aromatic carbocycles. The van der Waals surface area contributed by atoms with Crippen LogP contribution in [0.3, 0.4) is 0 Å². The van der Waals surface area contributed by atoms with Gasteiger partial charge in [0.25, 0.3) is 0 Å². The van der Waals surface area contributed by atoms with Crippen molar-refractivity contribution in [2.24, 2.45) is 5.84 Å². The number of hydrogen-bond donors (Lipinski definition) is 2. The Morgan fingerprint density at radius 1 is 1.29 bits per heavy atom. The van der Waals surface area contributed by atoms with E-state index >= 15 is 0 Å². The van der Waals surface area contributed by atoms with E-state index in [9.17, 15) is 22.8 Å². The number of carbonyl (C=O) groups excluding carboxylic acids is 2. The van der Waals surface area contributed by atoms with Gasteiger partial charge in [0.05, 0.1) is 19.0 Å². The summed E-state index contributed by atoms with van der Waals surface area (Å²) in [5.41, 5.74) is -1.08. The minimum atomic E-state index is -4.81. The number of imide groups is 1. The van der Waals surface area contributed by atoms with Gasteiger partial charge in [-0.25, -0.2) is 20.4 Å². The molecule has 0 bridgehead atoms. The van der Waals surface area contributed by atoms with Crippen molar-refractivity contribution < 1.29 is 32.2 Å². The van der Waals surface area contributed by atoms with Gasteiger partial charge in [-0.3, -0.25) is 5.43 Å². The number of hydrazine groups is 1. The van der Waals surface area contributed by atoms with Gasteiger partial charge in [0.15, 0.2) is 0 Å². The quantitative estimate of drug-likeness (QED) is 0.482. The van der Waals surface area contributed by atoms with Crippen molar-refractivity contribution in [2.75, 3.05) is 12.0 Å². The molecular weight excluding hydrogens is 333 g/mol. The number of anilines is 1. The highest BCUT2D eigenvalue weighted by Gasteiger charge is 2.37. The number of aromatic nitrogens is 1. The molecule has 0 saturated carbocycles. The van der Waals surface area contributed by atoms with E-state index in [2.05, 4.69) is 9.72 Å². The third-order valence-corrected chi connectivity index (χ3v) is 2.50. The average molecular weight is 350 g/mol. The number of nitrogens with one attached hydrogen (secondary N) is 1. The van der Waals surface area contributed by atoms with E-state index in [0.29, 0.717) is 11.0 Å². The molecule has 0 fully saturated rings. The Morgan fingerprint density at radius 2 is 1.88 bits per heavy atom. The molecule has 3 N–H and O–H groups in total. The van der Waals surface area contributed by atoms with E-state index in [1.54, 1.807) is 5.43 Å². The van der Waals surface area contributed by atoms with Gasteiger partial charge in [0, 0.05) is 0 Å². The van der Waals surface area contributed by atoms with Gasteiger partial charge >= 0.3 is 18.3 Å². The highest BCUT2D eigenvalue weighted by Crippen LogP contribution is 2.37. The summed E-state index contributed by atoms with van der Waals surface area (Å²) in [6.45, 7) is 4.57. The fourth-order valence-corrected chi connectivity index (χ4v) is 1.61. The lowest BCUT2D eigenvalue weighted by Crippen LogP contribution is -2.48. The van der Waals surface area contributed by atoms with Crippen molar-refractivity contribution in [1.29, 1.82) is 0 Å². The molecule has 1 heterocycles. The number of ether oxygens (including phenoxy) is 2. The number of amides is 3. The highest BCUT2D eigenvalue weighted by atomic mass is 19.4. The van der Waals surface area contributed by atoms with Crippen molar-refractivity contribution >= 4 is 17.8 Å². The normalized spacial score (nSPS) is 11.7. The standard InChI is InChI=1S/C13H17F3N4O4/c1-12(2,3)24-11(22)20(10(21)19-17)7-5-8(13(14,15)16)9(23-4)18-6-7/h5-6H,17H2,1-4H3,(H,19,21). The van der Waals surface area contributed by atoms with Crippen LogP contribution in [-0.4, -0.2) is 29.8 Å². The topological polar surface area (TPSA) is 107 Å². The third-order valence-electron chi connectivity index (χ3n) is 2.50. The van der Waals surface area contributed by atoms with Gasteiger partial charge in [0.1, 0.15) is 11.2 Å². The molecule has 1 aromatic heterocycles. The Balaban J connectivity index is 3.39. The van der Waals surface area contributed by atoms with Crippen molar-refractivity contribution in [1.82, 2.24) is 10.4 Å². The van der Waals surface area contributed by atoms with Gasteiger partial charge < -0.3 is 9.47 Å². The fourth-order valence-electron chi connectivity index (χ4n) is 1.61. The molecular formula is C13H17F3N4O4. The van der Waals surface area contributed by atoms with Crippen LogP contribution in [0.4, 0.5) is 28.4 Å². The summed E-state index contributed by atoms with van der Waals surface area (Å²) in [4.78, 5) is 27.7. The first-order valence-corrected chi connectivity index (χ1v) is 6.55. The van der Waals surface area contributed by atoms with Crippen LogP contribution in [0.25, 0.3) is 0 Å². The third kappa shape index (κ3) is 4.72. The molecule has 0 radical (unpaired) electrons. The van der Waals surface area contributed by atoms with E-state index in [1.165, 1.54) is 20.8 Å². The van der Waals surface area contributed by atoms with Crippen molar-refractivity contribution in [3.05, 3.63) is 17.8 Å². The number of alkyl halides is 3. The molecule has 24 heavy (non-hydrogen) atoms. The van der Waals surface area contributed by atoms with Crippen LogP contribution in [0.2, 0.25) is 0 Å². The average Bonchev–Trinajstić information content (AvgIpc) is 2.44. The van der Waals surface area contributed by atoms with E-state index in [0.717, 1.165) is 13.3 Å². The Hall–Kier alpha value is -2.56. The zero-order valence-corrected chi connectivity index (χ0v) is 13.4. The van der Waals surface area contributed by atoms with Gasteiger partial charge in [0.2, 0.25) is 5.88 Å². The molecule has 0 atom stereocenters. The molecule has 11 heteroatoms. The number of pyridine rings is 1. The second-order valence-corrected chi connectivity index (χ2v) is 5.51. The molecule has 0 aliphatic rings. The molecule has 8 nitrogen and oxygen atoms in total. The monoisotopic (exact) mass is 350 g/mol. The SMILES string of the molecule is COc1ncc(N(C(=O)NN)C(=O)OC(C)(C)C)cc1C(F)(F)F. The number of nitrogens with zero attached hydrogens (tertiary/aromatic N) is 2. The van der Waals surface area contributed by atoms with Crippen LogP contribution in [-0.2, 0) is 10.9 Å². The first kappa shape index (κ1) is 19.5. The number of carbonyl (C=O) groups is 2. The Labute approximate surface area is 135 Å². The Morgan fingerprint density at radius 3 is 2.29 bits per heavy atom. The first-order chi connectivity index (χ1) is 10.9. The summed E-state index contributed by atoms with van der Waals surface area (Å²) in [7, 11) is 1.01. The summed E-state index contributed by atoms with van der Waals surface area (Å²) in [6, 6.07) is -0.658. The smallest absolute Gasteiger partial charge is 0.423 e. The summed E-state index contributed by atoms with van der Waals surface area (Å²) < 4.78 is 48.7. The molecule has 0 saturated heterocycles. The van der Waals surface area contributed by atoms with Gasteiger partial charge in [-0.05, 0) is 26.8 Å². The lowest BCUT2D eigenvalue weighted by atomic mass is 10.2. The number of hydrogen-bond acceptors (Lipinski definition) is 6. The second kappa shape index (κ2) is 6.91. The van der Waals surface area contributed by atoms with Crippen molar-refractivity contribution in [3.63, 3.8) is 0 Å². The molecule has 1 rings (SSSR count). The van der Waals surface area contributed by atoms with Crippen LogP contribution in [0.5, 0.6) is 5.88 Å². The summed E-state index contributed by atoms with van der Waals surface area (Å²) in [5, 5.41) is 0. The predicted molar refractivity (Wildman–Crippen MR) is 77.2 cm³/mol. The van der Waals surface area contributed by atoms with Crippen molar-refractivity contribution in [3.8, 4) is 5.88 Å². The lowest BCUT2D eigenvalue weighted by Gasteiger charge is -2.26. The number of urea groups is 1. The molecule has 3 amide bonds. The van der Waals surface area contributed by atoms with Crippen LogP contribution in [0.15, 0.2) is 12.3 Å². The lowest BCUT2D eigenvalue weighted by molar-refractivity contribution is -0.139. The molecule has 0 spiro atoms. The molecule has 0 aliphatic heterocycles. The van der Waals surface area contributed by atoms with E-state index in [-0.39, 0.29) is 0 Å². The zero-order valence-electron chi connectivity index (χ0n) is 13.4. The summed E-state index contributed by atoms with van der Waals surface area (Å²) >= 11 is 0. The zero-order chi connectivity index (χ0) is 18.7. The van der Waals surface area contributed by atoms with Gasteiger partial charge in [-0.15, -0.1) is 0 Å². The number of nitrogens with two attached hydrogens (primary N) is 1. The Kier molecular flexibility index (Phi) is 5.61. The van der Waals surface area contributed by atoms with Gasteiger partial charge in [-0.2, -0.15) is 18.1 Å². The maximum absolute atomic E-state index is 13.1. The van der Waals surface area contributed by atoms with Crippen LogP contribution >= 0.6 is 0 Å². The van der Waals surface area contributed by atoms with E-state index in [1.807, 2.05) is 0 Å². The summed E-state index contributed by atoms with van der Waals surface area (Å²) in [5.74, 6) is 4.27. The number of methoxy groups -OCH3 is 1. The molecule has 1 aromatic rings. The van der Waals surface area contributed by atoms with Crippen LogP contribution in [0.1, 0.15) is 26.3 Å². The van der Waals surface area contributed by atoms with E-state index < -0.39 is 41.0 Å². The minimum absolute atomic E-state index is 0.299. The maximum atomic E-state index is 13.1. The molecule has 0 unspecified atom stereocenters. The van der Waals surface area contributed by atoms with Gasteiger partial charge in [-0.1, -0.05) is 0 Å². The maximum Gasteiger partial charge on any atom is 0.423 e. The Bertz CT molecular complexity index is 629. The van der Waals surface area contributed by atoms with E-state index in [4.69, 9.17) is 10.6 Å². The molecule has 0 aliphatic carbocycles. The second-order valence-electron chi connectivity index (χ2n) is 5.51. The van der Waals surface area contributed by atoms with Crippen molar-refractivity contribution in [2.45, 2.75) is 32.5 Å². The van der Waals surface area contributed by atoms with Crippen LogP contribution < -0.4 is 20.9 Å². The largest absolute Gasteiger partial charge is 0.481 e. The van der Waals surface area contributed by atoms with Crippen LogP contribution in [0, 0.1) is 0 Å². The predicted octanol–water partition coefficient (Wildman–Crippen LogP) is 2.43. The number of rotatable bonds is 2. The summed E-state index contributed by atoms with van der Waals surface area (Å²) in [6.07, 6.45) is -5.18.